The summed E-state index contributed by atoms with van der Waals surface area (Å²) in [5.74, 6) is -1.35. The number of carbonyl (C=O) groups is 1. The molecule has 0 fully saturated rings. The van der Waals surface area contributed by atoms with Crippen LogP contribution in [0.15, 0.2) is 24.4 Å². The highest BCUT2D eigenvalue weighted by Crippen LogP contribution is 2.13. The SMILES string of the molecule is O=C(O)Cn1cc2ccc(F)cc2n1. The Labute approximate surface area is 78.6 Å². The van der Waals surface area contributed by atoms with Crippen molar-refractivity contribution >= 4 is 16.9 Å². The number of aliphatic carboxylic acids is 1. The van der Waals surface area contributed by atoms with Crippen molar-refractivity contribution in [2.75, 3.05) is 0 Å². The molecule has 0 aliphatic rings. The fourth-order valence-corrected chi connectivity index (χ4v) is 1.26. The van der Waals surface area contributed by atoms with Crippen molar-refractivity contribution < 1.29 is 14.3 Å². The van der Waals surface area contributed by atoms with Crippen LogP contribution in [0.2, 0.25) is 0 Å². The molecule has 0 saturated carbocycles. The molecule has 0 saturated heterocycles. The molecule has 0 bridgehead atoms. The van der Waals surface area contributed by atoms with Gasteiger partial charge in [-0.15, -0.1) is 0 Å². The molecule has 0 atom stereocenters. The van der Waals surface area contributed by atoms with Gasteiger partial charge in [0.05, 0.1) is 5.52 Å². The van der Waals surface area contributed by atoms with Crippen LogP contribution in [0, 0.1) is 5.82 Å². The summed E-state index contributed by atoms with van der Waals surface area (Å²) in [7, 11) is 0. The van der Waals surface area contributed by atoms with Crippen molar-refractivity contribution in [1.29, 1.82) is 0 Å². The van der Waals surface area contributed by atoms with E-state index in [0.717, 1.165) is 5.39 Å². The van der Waals surface area contributed by atoms with Crippen LogP contribution in [-0.2, 0) is 11.3 Å². The number of benzene rings is 1. The summed E-state index contributed by atoms with van der Waals surface area (Å²) in [6.07, 6.45) is 1.57. The summed E-state index contributed by atoms with van der Waals surface area (Å²) in [5, 5.41) is 13.2. The van der Waals surface area contributed by atoms with Crippen LogP contribution < -0.4 is 0 Å². The Morgan fingerprint density at radius 3 is 3.07 bits per heavy atom. The highest BCUT2D eigenvalue weighted by Gasteiger charge is 2.04. The lowest BCUT2D eigenvalue weighted by molar-refractivity contribution is -0.137. The van der Waals surface area contributed by atoms with Crippen LogP contribution in [-0.4, -0.2) is 20.9 Å². The van der Waals surface area contributed by atoms with Crippen LogP contribution in [0.5, 0.6) is 0 Å². The van der Waals surface area contributed by atoms with E-state index in [0.29, 0.717) is 5.52 Å². The Hall–Kier alpha value is -1.91. The number of carboxylic acids is 1. The maximum Gasteiger partial charge on any atom is 0.325 e. The lowest BCUT2D eigenvalue weighted by atomic mass is 10.2. The Balaban J connectivity index is 2.46. The zero-order valence-electron chi connectivity index (χ0n) is 7.14. The molecule has 4 nitrogen and oxygen atoms in total. The molecule has 5 heteroatoms. The standard InChI is InChI=1S/C9H7FN2O2/c10-7-2-1-6-4-12(5-9(13)14)11-8(6)3-7/h1-4H,5H2,(H,13,14). The highest BCUT2D eigenvalue weighted by molar-refractivity contribution is 5.78. The van der Waals surface area contributed by atoms with Crippen molar-refractivity contribution in [3.05, 3.63) is 30.2 Å². The van der Waals surface area contributed by atoms with Gasteiger partial charge in [0.2, 0.25) is 0 Å². The largest absolute Gasteiger partial charge is 0.480 e. The number of halogens is 1. The minimum atomic E-state index is -0.974. The van der Waals surface area contributed by atoms with Crippen LogP contribution in [0.1, 0.15) is 0 Å². The molecule has 0 aliphatic carbocycles. The molecule has 2 aromatic rings. The van der Waals surface area contributed by atoms with Gasteiger partial charge in [0.1, 0.15) is 12.4 Å². The van der Waals surface area contributed by atoms with E-state index in [-0.39, 0.29) is 12.4 Å². The fourth-order valence-electron chi connectivity index (χ4n) is 1.26. The lowest BCUT2D eigenvalue weighted by Gasteiger charge is -1.92. The van der Waals surface area contributed by atoms with Gasteiger partial charge >= 0.3 is 5.97 Å². The lowest BCUT2D eigenvalue weighted by Crippen LogP contribution is -2.08. The molecule has 1 aromatic carbocycles. The van der Waals surface area contributed by atoms with E-state index < -0.39 is 5.97 Å². The van der Waals surface area contributed by atoms with Crippen molar-refractivity contribution in [1.82, 2.24) is 9.78 Å². The first-order valence-electron chi connectivity index (χ1n) is 4.00. The first-order valence-corrected chi connectivity index (χ1v) is 4.00. The fraction of sp³-hybridized carbons (Fsp3) is 0.111. The van der Waals surface area contributed by atoms with Crippen LogP contribution in [0.3, 0.4) is 0 Å². The zero-order valence-corrected chi connectivity index (χ0v) is 7.14. The summed E-state index contributed by atoms with van der Waals surface area (Å²) in [4.78, 5) is 10.4. The molecule has 0 spiro atoms. The van der Waals surface area contributed by atoms with Crippen LogP contribution >= 0.6 is 0 Å². The number of aromatic nitrogens is 2. The maximum absolute atomic E-state index is 12.7. The van der Waals surface area contributed by atoms with E-state index in [1.807, 2.05) is 0 Å². The third kappa shape index (κ3) is 1.56. The van der Waals surface area contributed by atoms with E-state index in [1.54, 1.807) is 12.3 Å². The van der Waals surface area contributed by atoms with E-state index in [9.17, 15) is 9.18 Å². The highest BCUT2D eigenvalue weighted by atomic mass is 19.1. The maximum atomic E-state index is 12.7. The third-order valence-electron chi connectivity index (χ3n) is 1.81. The Bertz CT molecular complexity index is 493. The predicted octanol–water partition coefficient (Wildman–Crippen LogP) is 1.26. The Morgan fingerprint density at radius 1 is 1.57 bits per heavy atom. The number of hydrogen-bond donors (Lipinski definition) is 1. The molecular weight excluding hydrogens is 187 g/mol. The minimum Gasteiger partial charge on any atom is -0.480 e. The van der Waals surface area contributed by atoms with E-state index in [1.165, 1.54) is 16.8 Å². The third-order valence-corrected chi connectivity index (χ3v) is 1.81. The second-order valence-corrected chi connectivity index (χ2v) is 2.92. The molecule has 1 N–H and O–H groups in total. The van der Waals surface area contributed by atoms with E-state index in [2.05, 4.69) is 5.10 Å². The molecule has 14 heavy (non-hydrogen) atoms. The quantitative estimate of drug-likeness (QED) is 0.782. The van der Waals surface area contributed by atoms with Gasteiger partial charge in [-0.1, -0.05) is 0 Å². The van der Waals surface area contributed by atoms with Gasteiger partial charge in [0, 0.05) is 17.6 Å². The first-order chi connectivity index (χ1) is 6.65. The Morgan fingerprint density at radius 2 is 2.36 bits per heavy atom. The second kappa shape index (κ2) is 3.10. The zero-order chi connectivity index (χ0) is 10.1. The summed E-state index contributed by atoms with van der Waals surface area (Å²) in [6, 6.07) is 4.15. The summed E-state index contributed by atoms with van der Waals surface area (Å²) in [5.41, 5.74) is 0.464. The first kappa shape index (κ1) is 8.68. The van der Waals surface area contributed by atoms with Crippen molar-refractivity contribution in [2.45, 2.75) is 6.54 Å². The molecule has 1 heterocycles. The van der Waals surface area contributed by atoms with Crippen LogP contribution in [0.25, 0.3) is 10.9 Å². The molecular formula is C9H7FN2O2. The minimum absolute atomic E-state index is 0.212. The molecule has 1 aromatic heterocycles. The number of rotatable bonds is 2. The van der Waals surface area contributed by atoms with Crippen molar-refractivity contribution in [3.63, 3.8) is 0 Å². The van der Waals surface area contributed by atoms with Gasteiger partial charge in [-0.2, -0.15) is 5.10 Å². The normalized spacial score (nSPS) is 10.6. The van der Waals surface area contributed by atoms with Gasteiger partial charge in [0.15, 0.2) is 0 Å². The molecule has 0 amide bonds. The van der Waals surface area contributed by atoms with E-state index >= 15 is 0 Å². The summed E-state index contributed by atoms with van der Waals surface area (Å²) >= 11 is 0. The molecule has 0 radical (unpaired) electrons. The number of carboxylic acid groups (broad SMARTS) is 1. The monoisotopic (exact) mass is 194 g/mol. The number of nitrogens with zero attached hydrogens (tertiary/aromatic N) is 2. The topological polar surface area (TPSA) is 55.1 Å². The Kier molecular flexibility index (Phi) is 1.92. The molecule has 2 rings (SSSR count). The average molecular weight is 194 g/mol. The summed E-state index contributed by atoms with van der Waals surface area (Å²) in [6.45, 7) is -0.212. The van der Waals surface area contributed by atoms with Crippen molar-refractivity contribution in [3.8, 4) is 0 Å². The van der Waals surface area contributed by atoms with E-state index in [4.69, 9.17) is 5.11 Å². The van der Waals surface area contributed by atoms with Crippen LogP contribution in [0.4, 0.5) is 4.39 Å². The number of hydrogen-bond acceptors (Lipinski definition) is 2. The van der Waals surface area contributed by atoms with Gasteiger partial charge in [-0.05, 0) is 12.1 Å². The molecule has 0 unspecified atom stereocenters. The second-order valence-electron chi connectivity index (χ2n) is 2.92. The predicted molar refractivity (Wildman–Crippen MR) is 47.3 cm³/mol. The molecule has 0 aliphatic heterocycles. The van der Waals surface area contributed by atoms with Gasteiger partial charge in [-0.25, -0.2) is 4.39 Å². The smallest absolute Gasteiger partial charge is 0.325 e. The van der Waals surface area contributed by atoms with Gasteiger partial charge in [-0.3, -0.25) is 9.48 Å². The number of fused-ring (bicyclic) bond motifs is 1. The van der Waals surface area contributed by atoms with Gasteiger partial charge < -0.3 is 5.11 Å². The van der Waals surface area contributed by atoms with Gasteiger partial charge in [0.25, 0.3) is 0 Å². The van der Waals surface area contributed by atoms with Crippen molar-refractivity contribution in [2.24, 2.45) is 0 Å². The molecule has 72 valence electrons. The summed E-state index contributed by atoms with van der Waals surface area (Å²) < 4.78 is 14.0. The average Bonchev–Trinajstić information content (AvgIpc) is 2.44.